The minimum absolute atomic E-state index is 0.00572. The van der Waals surface area contributed by atoms with Crippen LogP contribution in [0.5, 0.6) is 0 Å². The van der Waals surface area contributed by atoms with E-state index in [0.29, 0.717) is 11.1 Å². The van der Waals surface area contributed by atoms with E-state index in [2.05, 4.69) is 27.2 Å². The van der Waals surface area contributed by atoms with Gasteiger partial charge in [-0.05, 0) is 61.2 Å². The molecule has 2 aromatic carbocycles. The van der Waals surface area contributed by atoms with Gasteiger partial charge < -0.3 is 22.1 Å². The van der Waals surface area contributed by atoms with Crippen LogP contribution >= 0.6 is 0 Å². The minimum atomic E-state index is -0.760. The summed E-state index contributed by atoms with van der Waals surface area (Å²) in [7, 11) is 0. The third-order valence-corrected chi connectivity index (χ3v) is 4.60. The Hall–Kier alpha value is -4.46. The fraction of sp³-hybridized carbons (Fsp3) is 0.0417. The number of halogens is 1. The minimum Gasteiger partial charge on any atom is -0.392 e. The molecule has 0 radical (unpaired) electrons. The van der Waals surface area contributed by atoms with Crippen molar-refractivity contribution in [2.24, 2.45) is 16.5 Å². The number of amides is 1. The average Bonchev–Trinajstić information content (AvgIpc) is 2.80. The molecule has 0 saturated carbocycles. The molecule has 0 atom stereocenters. The van der Waals surface area contributed by atoms with Gasteiger partial charge in [0.15, 0.2) is 0 Å². The maximum Gasteiger partial charge on any atom is 0.296 e. The predicted molar refractivity (Wildman–Crippen MR) is 126 cm³/mol. The van der Waals surface area contributed by atoms with Gasteiger partial charge in [0.2, 0.25) is 0 Å². The highest BCUT2D eigenvalue weighted by molar-refractivity contribution is 6.11. The van der Waals surface area contributed by atoms with Crippen LogP contribution in [0.4, 0.5) is 15.8 Å². The molecule has 3 aromatic rings. The van der Waals surface area contributed by atoms with Crippen molar-refractivity contribution >= 4 is 28.8 Å². The number of aliphatic imine (C=N–C) groups is 1. The van der Waals surface area contributed by atoms with Crippen molar-refractivity contribution in [3.63, 3.8) is 0 Å². The van der Waals surface area contributed by atoms with Crippen LogP contribution in [-0.4, -0.2) is 16.7 Å². The van der Waals surface area contributed by atoms with E-state index in [4.69, 9.17) is 11.5 Å². The number of nitrogens with one attached hydrogen (secondary N) is 2. The Morgan fingerprint density at radius 2 is 1.78 bits per heavy atom. The first-order valence-electron chi connectivity index (χ1n) is 9.69. The van der Waals surface area contributed by atoms with Gasteiger partial charge in [-0.2, -0.15) is 4.99 Å². The van der Waals surface area contributed by atoms with Gasteiger partial charge in [0, 0.05) is 29.2 Å². The van der Waals surface area contributed by atoms with E-state index in [-0.39, 0.29) is 22.9 Å². The first-order chi connectivity index (χ1) is 15.4. The number of anilines is 2. The fourth-order valence-corrected chi connectivity index (χ4v) is 2.95. The lowest BCUT2D eigenvalue weighted by molar-refractivity contribution is -0.114. The van der Waals surface area contributed by atoms with Gasteiger partial charge in [-0.15, -0.1) is 0 Å². The average molecular weight is 430 g/mol. The van der Waals surface area contributed by atoms with Gasteiger partial charge in [0.1, 0.15) is 17.3 Å². The number of amidine groups is 1. The quantitative estimate of drug-likeness (QED) is 0.258. The number of hydrogen-bond donors (Lipinski definition) is 4. The Bertz CT molecular complexity index is 1200. The molecule has 7 nitrogen and oxygen atoms in total. The normalized spacial score (nSPS) is 12.0. The highest BCUT2D eigenvalue weighted by Crippen LogP contribution is 2.23. The van der Waals surface area contributed by atoms with Crippen LogP contribution in [0.25, 0.3) is 5.70 Å². The van der Waals surface area contributed by atoms with E-state index < -0.39 is 11.7 Å². The zero-order chi connectivity index (χ0) is 23.1. The number of benzene rings is 2. The first kappa shape index (κ1) is 22.2. The molecule has 162 valence electrons. The molecule has 0 spiro atoms. The molecule has 0 saturated heterocycles. The molecular weight excluding hydrogens is 407 g/mol. The number of carbonyl (C=O) groups excluding carboxylic acids is 1. The number of aryl methyl sites for hydroxylation is 1. The van der Waals surface area contributed by atoms with Gasteiger partial charge >= 0.3 is 0 Å². The second-order valence-electron chi connectivity index (χ2n) is 6.81. The van der Waals surface area contributed by atoms with E-state index >= 15 is 0 Å². The number of para-hydroxylation sites is 1. The topological polar surface area (TPSA) is 118 Å². The molecular formula is C24H23FN6O. The first-order valence-corrected chi connectivity index (χ1v) is 9.69. The van der Waals surface area contributed by atoms with E-state index in [1.54, 1.807) is 48.7 Å². The highest BCUT2D eigenvalue weighted by Gasteiger charge is 2.16. The molecule has 0 aliphatic rings. The molecule has 0 aliphatic carbocycles. The number of pyridine rings is 1. The Morgan fingerprint density at radius 1 is 1.06 bits per heavy atom. The third kappa shape index (κ3) is 5.17. The smallest absolute Gasteiger partial charge is 0.296 e. The Kier molecular flexibility index (Phi) is 6.97. The zero-order valence-corrected chi connectivity index (χ0v) is 17.5. The summed E-state index contributed by atoms with van der Waals surface area (Å²) in [6.45, 7) is 5.52. The lowest BCUT2D eigenvalue weighted by atomic mass is 10.1. The largest absolute Gasteiger partial charge is 0.392 e. The van der Waals surface area contributed by atoms with E-state index in [0.717, 1.165) is 11.3 Å². The standard InChI is InChI=1S/C24H23FN6O/c1-3-29-19-9-8-17(14-15(19)2)23(27)31-24(32)21(26)22(16-10-12-28-13-11-16)30-20-7-5-4-6-18(20)25/h3-14,29-30H,1,26H2,2H3,(H2,27,31,32)/b22-21-. The van der Waals surface area contributed by atoms with Crippen LogP contribution < -0.4 is 22.1 Å². The molecule has 0 unspecified atom stereocenters. The van der Waals surface area contributed by atoms with Crippen LogP contribution in [0, 0.1) is 12.7 Å². The summed E-state index contributed by atoms with van der Waals surface area (Å²) in [5.74, 6) is -1.25. The molecule has 0 bridgehead atoms. The van der Waals surface area contributed by atoms with Crippen molar-refractivity contribution in [1.29, 1.82) is 0 Å². The van der Waals surface area contributed by atoms with E-state index in [1.807, 2.05) is 6.92 Å². The van der Waals surface area contributed by atoms with Gasteiger partial charge in [-0.1, -0.05) is 18.7 Å². The van der Waals surface area contributed by atoms with Crippen LogP contribution in [0.1, 0.15) is 16.7 Å². The summed E-state index contributed by atoms with van der Waals surface area (Å²) in [4.78, 5) is 20.8. The van der Waals surface area contributed by atoms with Crippen molar-refractivity contribution in [3.8, 4) is 0 Å². The Balaban J connectivity index is 1.98. The molecule has 6 N–H and O–H groups in total. The van der Waals surface area contributed by atoms with Crippen molar-refractivity contribution in [2.45, 2.75) is 6.92 Å². The van der Waals surface area contributed by atoms with Crippen LogP contribution in [0.15, 0.2) is 90.5 Å². The second kappa shape index (κ2) is 10.0. The van der Waals surface area contributed by atoms with Crippen molar-refractivity contribution in [2.75, 3.05) is 10.6 Å². The summed E-state index contributed by atoms with van der Waals surface area (Å²) in [5.41, 5.74) is 15.2. The van der Waals surface area contributed by atoms with E-state index in [9.17, 15) is 9.18 Å². The maximum absolute atomic E-state index is 14.2. The number of nitrogens with two attached hydrogens (primary N) is 2. The van der Waals surface area contributed by atoms with Crippen LogP contribution in [0.3, 0.4) is 0 Å². The van der Waals surface area contributed by atoms with Crippen molar-refractivity contribution < 1.29 is 9.18 Å². The second-order valence-corrected chi connectivity index (χ2v) is 6.81. The molecule has 1 aromatic heterocycles. The van der Waals surface area contributed by atoms with Crippen LogP contribution in [0.2, 0.25) is 0 Å². The lowest BCUT2D eigenvalue weighted by Gasteiger charge is -2.14. The molecule has 8 heteroatoms. The van der Waals surface area contributed by atoms with Gasteiger partial charge in [0.05, 0.1) is 11.4 Å². The Morgan fingerprint density at radius 3 is 2.44 bits per heavy atom. The third-order valence-electron chi connectivity index (χ3n) is 4.60. The molecule has 0 aliphatic heterocycles. The van der Waals surface area contributed by atoms with Gasteiger partial charge in [-0.3, -0.25) is 9.78 Å². The summed E-state index contributed by atoms with van der Waals surface area (Å²) in [6, 6.07) is 14.7. The van der Waals surface area contributed by atoms with Crippen LogP contribution in [-0.2, 0) is 4.79 Å². The molecule has 0 fully saturated rings. The number of aromatic nitrogens is 1. The monoisotopic (exact) mass is 430 g/mol. The number of rotatable bonds is 7. The molecule has 3 rings (SSSR count). The summed E-state index contributed by atoms with van der Waals surface area (Å²) < 4.78 is 14.2. The number of nitrogens with zero attached hydrogens (tertiary/aromatic N) is 2. The number of carbonyl (C=O) groups is 1. The summed E-state index contributed by atoms with van der Waals surface area (Å²) >= 11 is 0. The molecule has 32 heavy (non-hydrogen) atoms. The lowest BCUT2D eigenvalue weighted by Crippen LogP contribution is -2.21. The SMILES string of the molecule is C=CNc1ccc(C(N)=NC(=O)/C(N)=C(/Nc2ccccc2F)c2ccncc2)cc1C. The summed E-state index contributed by atoms with van der Waals surface area (Å²) in [6.07, 6.45) is 4.64. The van der Waals surface area contributed by atoms with Gasteiger partial charge in [0.25, 0.3) is 5.91 Å². The predicted octanol–water partition coefficient (Wildman–Crippen LogP) is 3.76. The van der Waals surface area contributed by atoms with Crippen molar-refractivity contribution in [3.05, 3.63) is 108 Å². The molecule has 1 heterocycles. The maximum atomic E-state index is 14.2. The molecule has 1 amide bonds. The fourth-order valence-electron chi connectivity index (χ4n) is 2.95. The van der Waals surface area contributed by atoms with Crippen molar-refractivity contribution in [1.82, 2.24) is 4.98 Å². The Labute approximate surface area is 185 Å². The van der Waals surface area contributed by atoms with Gasteiger partial charge in [-0.25, -0.2) is 4.39 Å². The number of hydrogen-bond acceptors (Lipinski definition) is 5. The van der Waals surface area contributed by atoms with E-state index in [1.165, 1.54) is 24.5 Å². The summed E-state index contributed by atoms with van der Waals surface area (Å²) in [5, 5.41) is 5.90. The zero-order valence-electron chi connectivity index (χ0n) is 17.5. The highest BCUT2D eigenvalue weighted by atomic mass is 19.1.